The van der Waals surface area contributed by atoms with E-state index in [2.05, 4.69) is 24.3 Å². The molecule has 1 fully saturated rings. The zero-order valence-electron chi connectivity index (χ0n) is 11.0. The third kappa shape index (κ3) is 2.82. The number of halogens is 1. The average molecular weight is 252 g/mol. The van der Waals surface area contributed by atoms with E-state index in [9.17, 15) is 9.50 Å². The number of nitrogens with one attached hydrogen (secondary N) is 1. The van der Waals surface area contributed by atoms with Crippen molar-refractivity contribution in [3.63, 3.8) is 0 Å². The molecule has 0 heterocycles. The van der Waals surface area contributed by atoms with Crippen molar-refractivity contribution in [1.82, 2.24) is 10.2 Å². The fourth-order valence-corrected chi connectivity index (χ4v) is 2.54. The van der Waals surface area contributed by atoms with E-state index < -0.39 is 5.82 Å². The molecule has 0 radical (unpaired) electrons. The van der Waals surface area contributed by atoms with Gasteiger partial charge in [0.15, 0.2) is 0 Å². The summed E-state index contributed by atoms with van der Waals surface area (Å²) in [5.41, 5.74) is 1.04. The molecule has 0 aromatic heterocycles. The van der Waals surface area contributed by atoms with Crippen molar-refractivity contribution in [2.24, 2.45) is 0 Å². The molecule has 2 N–H and O–H groups in total. The van der Waals surface area contributed by atoms with Crippen molar-refractivity contribution in [1.29, 1.82) is 0 Å². The Labute approximate surface area is 108 Å². The summed E-state index contributed by atoms with van der Waals surface area (Å²) in [6.45, 7) is 1.48. The second-order valence-corrected chi connectivity index (χ2v) is 5.39. The quantitative estimate of drug-likeness (QED) is 0.842. The predicted octanol–water partition coefficient (Wildman–Crippen LogP) is 2.11. The fourth-order valence-electron chi connectivity index (χ4n) is 2.54. The van der Waals surface area contributed by atoms with Gasteiger partial charge in [-0.1, -0.05) is 0 Å². The Kier molecular flexibility index (Phi) is 3.88. The monoisotopic (exact) mass is 252 g/mol. The van der Waals surface area contributed by atoms with E-state index >= 15 is 0 Å². The van der Waals surface area contributed by atoms with Crippen LogP contribution in [0, 0.1) is 5.82 Å². The third-order valence-electron chi connectivity index (χ3n) is 3.96. The van der Waals surface area contributed by atoms with E-state index in [0.29, 0.717) is 6.54 Å². The van der Waals surface area contributed by atoms with Crippen LogP contribution in [0.25, 0.3) is 0 Å². The summed E-state index contributed by atoms with van der Waals surface area (Å²) >= 11 is 0. The molecular formula is C14H21FN2O. The second kappa shape index (κ2) is 5.24. The highest BCUT2D eigenvalue weighted by Gasteiger charge is 2.38. The first-order valence-corrected chi connectivity index (χ1v) is 6.38. The van der Waals surface area contributed by atoms with E-state index in [-0.39, 0.29) is 11.3 Å². The first-order chi connectivity index (χ1) is 8.52. The summed E-state index contributed by atoms with van der Waals surface area (Å²) in [7, 11) is 4.21. The molecule has 1 aliphatic rings. The first kappa shape index (κ1) is 13.3. The van der Waals surface area contributed by atoms with Crippen molar-refractivity contribution < 1.29 is 9.50 Å². The Hall–Kier alpha value is -1.13. The molecule has 0 spiro atoms. The molecule has 100 valence electrons. The maximum atomic E-state index is 13.1. The lowest BCUT2D eigenvalue weighted by atomic mass is 9.75. The topological polar surface area (TPSA) is 35.5 Å². The number of aromatic hydroxyl groups is 1. The Bertz CT molecular complexity index is 396. The number of nitrogens with zero attached hydrogens (tertiary/aromatic N) is 1. The average Bonchev–Trinajstić information content (AvgIpc) is 2.19. The summed E-state index contributed by atoms with van der Waals surface area (Å²) in [6, 6.07) is 4.17. The normalized spacial score (nSPS) is 17.8. The van der Waals surface area contributed by atoms with E-state index in [0.717, 1.165) is 18.2 Å². The van der Waals surface area contributed by atoms with E-state index in [1.54, 1.807) is 6.07 Å². The molecule has 0 bridgehead atoms. The molecule has 18 heavy (non-hydrogen) atoms. The molecule has 1 aliphatic carbocycles. The Balaban J connectivity index is 1.88. The van der Waals surface area contributed by atoms with Crippen molar-refractivity contribution in [2.75, 3.05) is 20.6 Å². The molecule has 0 saturated heterocycles. The number of hydrogen-bond donors (Lipinski definition) is 2. The van der Waals surface area contributed by atoms with E-state index in [4.69, 9.17) is 0 Å². The highest BCUT2D eigenvalue weighted by molar-refractivity contribution is 5.28. The minimum absolute atomic E-state index is 0.0160. The molecule has 2 rings (SSSR count). The van der Waals surface area contributed by atoms with Crippen LogP contribution in [0.1, 0.15) is 24.8 Å². The molecule has 4 heteroatoms. The lowest BCUT2D eigenvalue weighted by Crippen LogP contribution is -2.56. The summed E-state index contributed by atoms with van der Waals surface area (Å²) in [4.78, 5) is 2.27. The molecule has 0 amide bonds. The van der Waals surface area contributed by atoms with Crippen LogP contribution in [-0.2, 0) is 6.54 Å². The Morgan fingerprint density at radius 1 is 1.33 bits per heavy atom. The molecule has 1 aromatic carbocycles. The van der Waals surface area contributed by atoms with Gasteiger partial charge in [0.25, 0.3) is 0 Å². The number of rotatable bonds is 5. The van der Waals surface area contributed by atoms with Crippen molar-refractivity contribution in [2.45, 2.75) is 31.3 Å². The van der Waals surface area contributed by atoms with Crippen LogP contribution in [0.15, 0.2) is 18.2 Å². The van der Waals surface area contributed by atoms with Crippen LogP contribution in [0.5, 0.6) is 5.75 Å². The van der Waals surface area contributed by atoms with Crippen LogP contribution >= 0.6 is 0 Å². The lowest BCUT2D eigenvalue weighted by Gasteiger charge is -2.47. The predicted molar refractivity (Wildman–Crippen MR) is 70.0 cm³/mol. The van der Waals surface area contributed by atoms with Gasteiger partial charge in [0, 0.05) is 24.7 Å². The van der Waals surface area contributed by atoms with Crippen molar-refractivity contribution in [3.8, 4) is 5.75 Å². The van der Waals surface area contributed by atoms with Gasteiger partial charge in [-0.3, -0.25) is 0 Å². The van der Waals surface area contributed by atoms with Crippen LogP contribution in [-0.4, -0.2) is 36.2 Å². The third-order valence-corrected chi connectivity index (χ3v) is 3.96. The first-order valence-electron chi connectivity index (χ1n) is 6.38. The maximum Gasteiger partial charge on any atom is 0.127 e. The van der Waals surface area contributed by atoms with Crippen LogP contribution in [0.2, 0.25) is 0 Å². The molecule has 0 unspecified atom stereocenters. The molecule has 0 atom stereocenters. The summed E-state index contributed by atoms with van der Waals surface area (Å²) in [6.07, 6.45) is 3.70. The van der Waals surface area contributed by atoms with Crippen molar-refractivity contribution in [3.05, 3.63) is 29.6 Å². The van der Waals surface area contributed by atoms with Gasteiger partial charge in [-0.15, -0.1) is 0 Å². The molecule has 1 saturated carbocycles. The number of benzene rings is 1. The highest BCUT2D eigenvalue weighted by Crippen LogP contribution is 2.35. The summed E-state index contributed by atoms with van der Waals surface area (Å²) in [5.74, 6) is -0.407. The van der Waals surface area contributed by atoms with Crippen LogP contribution in [0.3, 0.4) is 0 Å². The second-order valence-electron chi connectivity index (χ2n) is 5.39. The Morgan fingerprint density at radius 2 is 2.06 bits per heavy atom. The van der Waals surface area contributed by atoms with Gasteiger partial charge >= 0.3 is 0 Å². The molecule has 3 nitrogen and oxygen atoms in total. The number of hydrogen-bond acceptors (Lipinski definition) is 3. The number of likely N-dealkylation sites (N-methyl/N-ethyl adjacent to an activating group) is 1. The van der Waals surface area contributed by atoms with Gasteiger partial charge in [0.2, 0.25) is 0 Å². The van der Waals surface area contributed by atoms with Gasteiger partial charge in [0.05, 0.1) is 0 Å². The van der Waals surface area contributed by atoms with E-state index in [1.165, 1.54) is 25.3 Å². The van der Waals surface area contributed by atoms with Crippen molar-refractivity contribution >= 4 is 0 Å². The number of phenols is 1. The van der Waals surface area contributed by atoms with Crippen LogP contribution < -0.4 is 5.32 Å². The minimum atomic E-state index is -0.391. The smallest absolute Gasteiger partial charge is 0.127 e. The molecule has 0 aliphatic heterocycles. The zero-order valence-corrected chi connectivity index (χ0v) is 11.0. The SMILES string of the molecule is CN(C)C1(CNCc2cc(O)cc(F)c2)CCC1. The summed E-state index contributed by atoms with van der Waals surface area (Å²) < 4.78 is 13.1. The van der Waals surface area contributed by atoms with Gasteiger partial charge in [-0.05, 0) is 51.1 Å². The standard InChI is InChI=1S/C14H21FN2O/c1-17(2)14(4-3-5-14)10-16-9-11-6-12(15)8-13(18)7-11/h6-8,16,18H,3-5,9-10H2,1-2H3. The van der Waals surface area contributed by atoms with Crippen LogP contribution in [0.4, 0.5) is 4.39 Å². The summed E-state index contributed by atoms with van der Waals surface area (Å²) in [5, 5.41) is 12.7. The van der Waals surface area contributed by atoms with E-state index in [1.807, 2.05) is 0 Å². The number of phenolic OH excluding ortho intramolecular Hbond substituents is 1. The van der Waals surface area contributed by atoms with Gasteiger partial charge in [-0.25, -0.2) is 4.39 Å². The minimum Gasteiger partial charge on any atom is -0.508 e. The Morgan fingerprint density at radius 3 is 2.56 bits per heavy atom. The molecular weight excluding hydrogens is 231 g/mol. The van der Waals surface area contributed by atoms with Gasteiger partial charge in [0.1, 0.15) is 11.6 Å². The highest BCUT2D eigenvalue weighted by atomic mass is 19.1. The van der Waals surface area contributed by atoms with Gasteiger partial charge < -0.3 is 15.3 Å². The maximum absolute atomic E-state index is 13.1. The largest absolute Gasteiger partial charge is 0.508 e. The molecule has 1 aromatic rings. The zero-order chi connectivity index (χ0) is 13.2. The lowest BCUT2D eigenvalue weighted by molar-refractivity contribution is 0.0598. The fraction of sp³-hybridized carbons (Fsp3) is 0.571. The van der Waals surface area contributed by atoms with Gasteiger partial charge in [-0.2, -0.15) is 0 Å².